The largest absolute Gasteiger partial charge is 0.341 e. The molecule has 3 aromatic heterocycles. The predicted molar refractivity (Wildman–Crippen MR) is 113 cm³/mol. The van der Waals surface area contributed by atoms with Crippen LogP contribution in [0.5, 0.6) is 0 Å². The number of aromatic nitrogens is 5. The summed E-state index contributed by atoms with van der Waals surface area (Å²) < 4.78 is 3.39. The third-order valence-electron chi connectivity index (χ3n) is 5.05. The van der Waals surface area contributed by atoms with Crippen molar-refractivity contribution in [3.05, 3.63) is 46.1 Å². The Morgan fingerprint density at radius 1 is 1.28 bits per heavy atom. The Labute approximate surface area is 169 Å². The van der Waals surface area contributed by atoms with E-state index in [4.69, 9.17) is 4.98 Å². The molecule has 0 spiro atoms. The van der Waals surface area contributed by atoms with Crippen LogP contribution in [0, 0.1) is 18.8 Å². The highest BCUT2D eigenvalue weighted by Gasteiger charge is 2.21. The third-order valence-corrected chi connectivity index (χ3v) is 5.05. The maximum absolute atomic E-state index is 13.3. The number of hydrogen-bond donors (Lipinski definition) is 1. The Bertz CT molecular complexity index is 1130. The van der Waals surface area contributed by atoms with Gasteiger partial charge in [-0.25, -0.2) is 9.67 Å². The zero-order chi connectivity index (χ0) is 20.2. The number of anilines is 1. The van der Waals surface area contributed by atoms with E-state index in [0.29, 0.717) is 24.1 Å². The molecule has 1 aliphatic rings. The van der Waals surface area contributed by atoms with Crippen LogP contribution in [0.15, 0.2) is 29.3 Å². The highest BCUT2D eigenvalue weighted by Crippen LogP contribution is 2.20. The van der Waals surface area contributed by atoms with E-state index < -0.39 is 0 Å². The monoisotopic (exact) mass is 391 g/mol. The summed E-state index contributed by atoms with van der Waals surface area (Å²) in [6.45, 7) is 8.18. The van der Waals surface area contributed by atoms with Gasteiger partial charge >= 0.3 is 0 Å². The van der Waals surface area contributed by atoms with Gasteiger partial charge in [0.15, 0.2) is 0 Å². The summed E-state index contributed by atoms with van der Waals surface area (Å²) in [4.78, 5) is 24.6. The summed E-state index contributed by atoms with van der Waals surface area (Å²) in [5.74, 6) is 6.81. The molecule has 8 nitrogen and oxygen atoms in total. The highest BCUT2D eigenvalue weighted by atomic mass is 16.1. The fourth-order valence-electron chi connectivity index (χ4n) is 3.62. The molecule has 1 aliphatic heterocycles. The van der Waals surface area contributed by atoms with Crippen molar-refractivity contribution in [3.63, 3.8) is 0 Å². The Kier molecular flexibility index (Phi) is 5.58. The number of nitrogens with one attached hydrogen (secondary N) is 1. The summed E-state index contributed by atoms with van der Waals surface area (Å²) in [6.07, 6.45) is 4.45. The van der Waals surface area contributed by atoms with E-state index in [2.05, 4.69) is 32.1 Å². The smallest absolute Gasteiger partial charge is 0.293 e. The molecule has 0 amide bonds. The van der Waals surface area contributed by atoms with Crippen LogP contribution in [-0.2, 0) is 13.1 Å². The van der Waals surface area contributed by atoms with Gasteiger partial charge in [0.25, 0.3) is 5.56 Å². The summed E-state index contributed by atoms with van der Waals surface area (Å²) >= 11 is 0. The molecular formula is C21H25N7O. The second kappa shape index (κ2) is 8.45. The van der Waals surface area contributed by atoms with Crippen molar-refractivity contribution in [2.75, 3.05) is 31.1 Å². The van der Waals surface area contributed by atoms with Crippen LogP contribution >= 0.6 is 0 Å². The molecule has 3 aromatic rings. The highest BCUT2D eigenvalue weighted by molar-refractivity contribution is 5.77. The average molecular weight is 391 g/mol. The molecule has 1 saturated heterocycles. The lowest BCUT2D eigenvalue weighted by atomic mass is 10.2. The van der Waals surface area contributed by atoms with Crippen molar-refractivity contribution in [1.82, 2.24) is 29.6 Å². The average Bonchev–Trinajstić information content (AvgIpc) is 2.88. The number of rotatable bonds is 4. The van der Waals surface area contributed by atoms with Crippen molar-refractivity contribution in [2.45, 2.75) is 33.4 Å². The molecule has 29 heavy (non-hydrogen) atoms. The molecule has 150 valence electrons. The zero-order valence-electron chi connectivity index (χ0n) is 16.9. The standard InChI is InChI=1S/C21H25N7O/c1-3-4-11-27-19-18(25-21(27)26-10-5-7-22-9-12-26)14-24-28(20(19)29)15-17-13-16(2)6-8-23-17/h6,8,13-14,22H,5,7,9-12,15H2,1-2H3. The molecule has 0 unspecified atom stereocenters. The first-order valence-corrected chi connectivity index (χ1v) is 9.90. The molecule has 0 radical (unpaired) electrons. The van der Waals surface area contributed by atoms with Gasteiger partial charge in [-0.05, 0) is 44.5 Å². The fraction of sp³-hybridized carbons (Fsp3) is 0.429. The van der Waals surface area contributed by atoms with Gasteiger partial charge in [0.1, 0.15) is 11.0 Å². The van der Waals surface area contributed by atoms with Crippen molar-refractivity contribution in [3.8, 4) is 11.8 Å². The van der Waals surface area contributed by atoms with Gasteiger partial charge < -0.3 is 10.2 Å². The zero-order valence-corrected chi connectivity index (χ0v) is 16.9. The van der Waals surface area contributed by atoms with Crippen LogP contribution in [0.25, 0.3) is 11.0 Å². The molecule has 4 rings (SSSR count). The molecule has 0 saturated carbocycles. The second-order valence-electron chi connectivity index (χ2n) is 7.18. The fourth-order valence-corrected chi connectivity index (χ4v) is 3.62. The van der Waals surface area contributed by atoms with E-state index in [-0.39, 0.29) is 5.56 Å². The maximum Gasteiger partial charge on any atom is 0.293 e. The SMILES string of the molecule is CC#CCn1c(N2CCCNCC2)nc2cnn(Cc3cc(C)ccn3)c(=O)c21. The summed E-state index contributed by atoms with van der Waals surface area (Å²) in [5.41, 5.74) is 2.88. The number of aryl methyl sites for hydroxylation is 1. The Morgan fingerprint density at radius 3 is 3.00 bits per heavy atom. The maximum atomic E-state index is 13.3. The van der Waals surface area contributed by atoms with Crippen molar-refractivity contribution >= 4 is 17.0 Å². The normalized spacial score (nSPS) is 14.5. The second-order valence-corrected chi connectivity index (χ2v) is 7.18. The third kappa shape index (κ3) is 4.00. The van der Waals surface area contributed by atoms with Gasteiger partial charge in [0, 0.05) is 25.8 Å². The first-order valence-electron chi connectivity index (χ1n) is 9.90. The number of pyridine rings is 1. The van der Waals surface area contributed by atoms with Crippen molar-refractivity contribution in [1.29, 1.82) is 0 Å². The van der Waals surface area contributed by atoms with Crippen LogP contribution in [0.1, 0.15) is 24.6 Å². The minimum absolute atomic E-state index is 0.171. The lowest BCUT2D eigenvalue weighted by Crippen LogP contribution is -2.31. The van der Waals surface area contributed by atoms with E-state index in [1.807, 2.05) is 23.6 Å². The van der Waals surface area contributed by atoms with Crippen LogP contribution in [0.2, 0.25) is 0 Å². The molecule has 1 N–H and O–H groups in total. The van der Waals surface area contributed by atoms with Crippen LogP contribution < -0.4 is 15.8 Å². The van der Waals surface area contributed by atoms with E-state index in [9.17, 15) is 4.79 Å². The Balaban J connectivity index is 1.80. The molecule has 0 aromatic carbocycles. The summed E-state index contributed by atoms with van der Waals surface area (Å²) in [6, 6.07) is 3.90. The van der Waals surface area contributed by atoms with E-state index in [0.717, 1.165) is 49.8 Å². The van der Waals surface area contributed by atoms with Crippen molar-refractivity contribution in [2.24, 2.45) is 0 Å². The van der Waals surface area contributed by atoms with E-state index >= 15 is 0 Å². The molecule has 0 bridgehead atoms. The van der Waals surface area contributed by atoms with Crippen LogP contribution in [0.3, 0.4) is 0 Å². The van der Waals surface area contributed by atoms with Crippen molar-refractivity contribution < 1.29 is 0 Å². The molecule has 4 heterocycles. The van der Waals surface area contributed by atoms with E-state index in [1.54, 1.807) is 19.3 Å². The first-order chi connectivity index (χ1) is 14.2. The van der Waals surface area contributed by atoms with Gasteiger partial charge in [-0.2, -0.15) is 5.10 Å². The van der Waals surface area contributed by atoms with Gasteiger partial charge in [-0.15, -0.1) is 5.92 Å². The summed E-state index contributed by atoms with van der Waals surface area (Å²) in [7, 11) is 0. The first kappa shape index (κ1) is 19.2. The molecule has 0 aliphatic carbocycles. The van der Waals surface area contributed by atoms with Gasteiger partial charge in [0.2, 0.25) is 5.95 Å². The topological polar surface area (TPSA) is 80.9 Å². The predicted octanol–water partition coefficient (Wildman–Crippen LogP) is 1.17. The van der Waals surface area contributed by atoms with Gasteiger partial charge in [-0.3, -0.25) is 14.3 Å². The lowest BCUT2D eigenvalue weighted by Gasteiger charge is -2.21. The Hall–Kier alpha value is -3.18. The van der Waals surface area contributed by atoms with Gasteiger partial charge in [-0.1, -0.05) is 5.92 Å². The van der Waals surface area contributed by atoms with E-state index in [1.165, 1.54) is 4.68 Å². The Morgan fingerprint density at radius 2 is 2.17 bits per heavy atom. The number of hydrogen-bond acceptors (Lipinski definition) is 6. The minimum atomic E-state index is -0.171. The lowest BCUT2D eigenvalue weighted by molar-refractivity contribution is 0.630. The number of imidazole rings is 1. The number of fused-ring (bicyclic) bond motifs is 1. The quantitative estimate of drug-likeness (QED) is 0.673. The molecule has 1 fully saturated rings. The van der Waals surface area contributed by atoms with Crippen LogP contribution in [-0.4, -0.2) is 50.5 Å². The van der Waals surface area contributed by atoms with Crippen LogP contribution in [0.4, 0.5) is 5.95 Å². The number of nitrogens with zero attached hydrogens (tertiary/aromatic N) is 6. The molecular weight excluding hydrogens is 366 g/mol. The molecule has 0 atom stereocenters. The van der Waals surface area contributed by atoms with Gasteiger partial charge in [0.05, 0.1) is 25.0 Å². The minimum Gasteiger partial charge on any atom is -0.341 e. The summed E-state index contributed by atoms with van der Waals surface area (Å²) in [5, 5.41) is 7.76. The molecule has 8 heteroatoms.